The van der Waals surface area contributed by atoms with Gasteiger partial charge in [-0.15, -0.1) is 0 Å². The molecule has 0 aliphatic carbocycles. The lowest BCUT2D eigenvalue weighted by atomic mass is 10.2. The fraction of sp³-hybridized carbons (Fsp3) is 0.133. The van der Waals surface area contributed by atoms with Crippen LogP contribution in [-0.2, 0) is 6.54 Å². The molecule has 0 fully saturated rings. The van der Waals surface area contributed by atoms with Crippen LogP contribution in [0.3, 0.4) is 0 Å². The van der Waals surface area contributed by atoms with E-state index in [4.69, 9.17) is 23.8 Å². The van der Waals surface area contributed by atoms with Crippen LogP contribution < -0.4 is 16.1 Å². The molecule has 0 radical (unpaired) electrons. The van der Waals surface area contributed by atoms with E-state index in [0.29, 0.717) is 16.8 Å². The number of anilines is 2. The standard InChI is InChI=1S/C15H15ClN4S/c16-12-5-7-13(8-6-12)18-15(21)17-10-20-9-11-3-1-2-4-14(11)19-20/h1-8,19H,9-10H2,(H2,17,18,21). The summed E-state index contributed by atoms with van der Waals surface area (Å²) >= 11 is 11.1. The van der Waals surface area contributed by atoms with Crippen molar-refractivity contribution >= 4 is 40.3 Å². The smallest absolute Gasteiger partial charge is 0.171 e. The van der Waals surface area contributed by atoms with E-state index in [0.717, 1.165) is 17.9 Å². The van der Waals surface area contributed by atoms with Crippen LogP contribution in [0, 0.1) is 0 Å². The Labute approximate surface area is 134 Å². The lowest BCUT2D eigenvalue weighted by molar-refractivity contribution is 0.337. The van der Waals surface area contributed by atoms with Crippen LogP contribution in [0.2, 0.25) is 5.02 Å². The summed E-state index contributed by atoms with van der Waals surface area (Å²) in [5, 5.41) is 9.65. The van der Waals surface area contributed by atoms with Gasteiger partial charge >= 0.3 is 0 Å². The molecule has 2 aromatic carbocycles. The van der Waals surface area contributed by atoms with Gasteiger partial charge in [0.05, 0.1) is 12.4 Å². The van der Waals surface area contributed by atoms with Crippen molar-refractivity contribution in [3.8, 4) is 0 Å². The van der Waals surface area contributed by atoms with Gasteiger partial charge in [0, 0.05) is 17.3 Å². The molecule has 0 amide bonds. The van der Waals surface area contributed by atoms with Crippen LogP contribution in [0.5, 0.6) is 0 Å². The average Bonchev–Trinajstić information content (AvgIpc) is 2.90. The van der Waals surface area contributed by atoms with Crippen molar-refractivity contribution < 1.29 is 0 Å². The number of nitrogens with one attached hydrogen (secondary N) is 3. The van der Waals surface area contributed by atoms with Gasteiger partial charge in [0.15, 0.2) is 5.11 Å². The fourth-order valence-corrected chi connectivity index (χ4v) is 2.46. The van der Waals surface area contributed by atoms with Crippen molar-refractivity contribution in [2.24, 2.45) is 0 Å². The second-order valence-electron chi connectivity index (χ2n) is 4.76. The van der Waals surface area contributed by atoms with Crippen molar-refractivity contribution in [2.45, 2.75) is 6.54 Å². The van der Waals surface area contributed by atoms with Gasteiger partial charge in [-0.1, -0.05) is 29.8 Å². The molecule has 0 atom stereocenters. The number of halogens is 1. The Hall–Kier alpha value is -1.82. The summed E-state index contributed by atoms with van der Waals surface area (Å²) in [4.78, 5) is 0. The van der Waals surface area contributed by atoms with Gasteiger partial charge in [0.1, 0.15) is 0 Å². The molecule has 6 heteroatoms. The van der Waals surface area contributed by atoms with Gasteiger partial charge in [-0.05, 0) is 48.1 Å². The number of hydrogen-bond acceptors (Lipinski definition) is 3. The molecule has 1 heterocycles. The minimum Gasteiger partial charge on any atom is -0.348 e. The summed E-state index contributed by atoms with van der Waals surface area (Å²) in [5.41, 5.74) is 6.68. The molecule has 3 rings (SSSR count). The zero-order chi connectivity index (χ0) is 14.7. The van der Waals surface area contributed by atoms with E-state index in [1.165, 1.54) is 5.56 Å². The first-order valence-electron chi connectivity index (χ1n) is 6.60. The van der Waals surface area contributed by atoms with Crippen LogP contribution in [-0.4, -0.2) is 16.8 Å². The van der Waals surface area contributed by atoms with E-state index in [9.17, 15) is 0 Å². The minimum atomic E-state index is 0.579. The summed E-state index contributed by atoms with van der Waals surface area (Å²) in [7, 11) is 0. The zero-order valence-electron chi connectivity index (χ0n) is 11.3. The topological polar surface area (TPSA) is 39.3 Å². The van der Waals surface area contributed by atoms with Crippen molar-refractivity contribution in [2.75, 3.05) is 17.4 Å². The van der Waals surface area contributed by atoms with Gasteiger partial charge in [0.2, 0.25) is 0 Å². The maximum absolute atomic E-state index is 5.85. The number of fused-ring (bicyclic) bond motifs is 1. The Morgan fingerprint density at radius 3 is 2.71 bits per heavy atom. The number of benzene rings is 2. The maximum Gasteiger partial charge on any atom is 0.171 e. The Kier molecular flexibility index (Phi) is 4.24. The first-order valence-corrected chi connectivity index (χ1v) is 7.39. The second kappa shape index (κ2) is 6.30. The highest BCUT2D eigenvalue weighted by Crippen LogP contribution is 2.23. The minimum absolute atomic E-state index is 0.579. The van der Waals surface area contributed by atoms with E-state index in [-0.39, 0.29) is 0 Å². The highest BCUT2D eigenvalue weighted by Gasteiger charge is 2.16. The molecular formula is C15H15ClN4S. The Balaban J connectivity index is 1.48. The number of hydrazine groups is 1. The van der Waals surface area contributed by atoms with Gasteiger partial charge < -0.3 is 16.1 Å². The zero-order valence-corrected chi connectivity index (χ0v) is 12.8. The molecule has 0 saturated carbocycles. The normalized spacial score (nSPS) is 13.4. The fourth-order valence-electron chi connectivity index (χ4n) is 2.15. The molecule has 0 aromatic heterocycles. The van der Waals surface area contributed by atoms with Crippen molar-refractivity contribution in [3.63, 3.8) is 0 Å². The van der Waals surface area contributed by atoms with Gasteiger partial charge in [-0.25, -0.2) is 0 Å². The summed E-state index contributed by atoms with van der Waals surface area (Å²) < 4.78 is 0. The first kappa shape index (κ1) is 14.1. The molecule has 0 bridgehead atoms. The van der Waals surface area contributed by atoms with Crippen LogP contribution >= 0.6 is 23.8 Å². The van der Waals surface area contributed by atoms with Crippen molar-refractivity contribution in [1.29, 1.82) is 0 Å². The Morgan fingerprint density at radius 2 is 1.95 bits per heavy atom. The molecule has 0 saturated heterocycles. The molecule has 4 nitrogen and oxygen atoms in total. The van der Waals surface area contributed by atoms with Crippen LogP contribution in [0.1, 0.15) is 5.56 Å². The molecule has 21 heavy (non-hydrogen) atoms. The molecule has 1 aliphatic rings. The molecular weight excluding hydrogens is 304 g/mol. The van der Waals surface area contributed by atoms with E-state index in [1.54, 1.807) is 0 Å². The third-order valence-electron chi connectivity index (χ3n) is 3.19. The summed E-state index contributed by atoms with van der Waals surface area (Å²) in [5.74, 6) is 0. The second-order valence-corrected chi connectivity index (χ2v) is 5.61. The van der Waals surface area contributed by atoms with Crippen LogP contribution in [0.4, 0.5) is 11.4 Å². The highest BCUT2D eigenvalue weighted by atomic mass is 35.5. The molecule has 0 unspecified atom stereocenters. The van der Waals surface area contributed by atoms with Crippen molar-refractivity contribution in [3.05, 3.63) is 59.1 Å². The molecule has 108 valence electrons. The van der Waals surface area contributed by atoms with E-state index >= 15 is 0 Å². The first-order chi connectivity index (χ1) is 10.2. The summed E-state index contributed by atoms with van der Waals surface area (Å²) in [6.07, 6.45) is 0. The molecule has 2 aromatic rings. The van der Waals surface area contributed by atoms with Gasteiger partial charge in [-0.2, -0.15) is 5.01 Å². The molecule has 1 aliphatic heterocycles. The number of thiocarbonyl (C=S) groups is 1. The average molecular weight is 319 g/mol. The lowest BCUT2D eigenvalue weighted by Crippen LogP contribution is -2.39. The lowest BCUT2D eigenvalue weighted by Gasteiger charge is -2.18. The largest absolute Gasteiger partial charge is 0.348 e. The van der Waals surface area contributed by atoms with Gasteiger partial charge in [0.25, 0.3) is 0 Å². The quantitative estimate of drug-likeness (QED) is 0.756. The summed E-state index contributed by atoms with van der Waals surface area (Å²) in [6, 6.07) is 15.7. The Bertz CT molecular complexity index is 619. The predicted molar refractivity (Wildman–Crippen MR) is 91.3 cm³/mol. The number of para-hydroxylation sites is 1. The monoisotopic (exact) mass is 318 g/mol. The molecule has 0 spiro atoms. The highest BCUT2D eigenvalue weighted by molar-refractivity contribution is 7.80. The van der Waals surface area contributed by atoms with Crippen LogP contribution in [0.15, 0.2) is 48.5 Å². The van der Waals surface area contributed by atoms with Crippen molar-refractivity contribution in [1.82, 2.24) is 10.3 Å². The Morgan fingerprint density at radius 1 is 1.19 bits per heavy atom. The van der Waals surface area contributed by atoms with E-state index in [2.05, 4.69) is 33.2 Å². The van der Waals surface area contributed by atoms with Gasteiger partial charge in [-0.3, -0.25) is 0 Å². The number of rotatable bonds is 3. The SMILES string of the molecule is S=C(NCN1Cc2ccccc2N1)Nc1ccc(Cl)cc1. The predicted octanol–water partition coefficient (Wildman–Crippen LogP) is 3.43. The van der Waals surface area contributed by atoms with E-state index in [1.807, 2.05) is 36.4 Å². The van der Waals surface area contributed by atoms with E-state index < -0.39 is 0 Å². The third kappa shape index (κ3) is 3.64. The number of hydrogen-bond donors (Lipinski definition) is 3. The molecule has 3 N–H and O–H groups in total. The van der Waals surface area contributed by atoms with Crippen LogP contribution in [0.25, 0.3) is 0 Å². The third-order valence-corrected chi connectivity index (χ3v) is 3.69. The summed E-state index contributed by atoms with van der Waals surface area (Å²) in [6.45, 7) is 1.47. The maximum atomic E-state index is 5.85. The number of nitrogens with zero attached hydrogens (tertiary/aromatic N) is 1.